The van der Waals surface area contributed by atoms with Crippen LogP contribution in [0.4, 0.5) is 4.79 Å². The Balaban J connectivity index is 1.19. The average Bonchev–Trinajstić information content (AvgIpc) is 3.73. The van der Waals surface area contributed by atoms with Gasteiger partial charge >= 0.3 is 6.09 Å². The van der Waals surface area contributed by atoms with E-state index in [1.165, 1.54) is 19.3 Å². The number of carbonyl (C=O) groups excluding carboxylic acids is 3. The van der Waals surface area contributed by atoms with Crippen molar-refractivity contribution in [2.24, 2.45) is 17.3 Å². The number of hydrogen-bond acceptors (Lipinski definition) is 6. The second-order valence-electron chi connectivity index (χ2n) is 16.1. The molecule has 3 aliphatic carbocycles. The summed E-state index contributed by atoms with van der Waals surface area (Å²) in [6, 6.07) is 1.62. The molecule has 2 unspecified atom stereocenters. The predicted molar refractivity (Wildman–Crippen MR) is 175 cm³/mol. The van der Waals surface area contributed by atoms with E-state index in [0.29, 0.717) is 57.2 Å². The number of pyridine rings is 1. The van der Waals surface area contributed by atoms with Gasteiger partial charge in [0.05, 0.1) is 17.7 Å². The number of hydrogen-bond donors (Lipinski definition) is 1. The van der Waals surface area contributed by atoms with Gasteiger partial charge in [-0.15, -0.1) is 0 Å². The molecule has 1 aromatic rings. The van der Waals surface area contributed by atoms with Gasteiger partial charge in [-0.2, -0.15) is 0 Å². The molecule has 10 nitrogen and oxygen atoms in total. The highest BCUT2D eigenvalue weighted by Gasteiger charge is 2.56. The number of aliphatic hydroxyl groups is 1. The lowest BCUT2D eigenvalue weighted by atomic mass is 9.65. The summed E-state index contributed by atoms with van der Waals surface area (Å²) in [4.78, 5) is 59.1. The van der Waals surface area contributed by atoms with Crippen molar-refractivity contribution in [3.8, 4) is 0 Å². The van der Waals surface area contributed by atoms with Crippen LogP contribution >= 0.6 is 0 Å². The van der Waals surface area contributed by atoms with Gasteiger partial charge in [-0.25, -0.2) is 4.79 Å². The van der Waals surface area contributed by atoms with Gasteiger partial charge in [0.25, 0.3) is 11.5 Å². The summed E-state index contributed by atoms with van der Waals surface area (Å²) in [5.74, 6) is 0.919. The molecular weight excluding hydrogens is 584 g/mol. The number of nitrogens with zero attached hydrogens (tertiary/aromatic N) is 4. The topological polar surface area (TPSA) is 112 Å². The molecule has 1 N–H and O–H groups in total. The van der Waals surface area contributed by atoms with Gasteiger partial charge in [0.1, 0.15) is 5.60 Å². The van der Waals surface area contributed by atoms with Crippen molar-refractivity contribution < 1.29 is 24.2 Å². The number of rotatable bonds is 7. The first-order valence-electron chi connectivity index (χ1n) is 17.8. The van der Waals surface area contributed by atoms with Gasteiger partial charge in [0, 0.05) is 62.9 Å². The van der Waals surface area contributed by atoms with E-state index in [0.717, 1.165) is 50.5 Å². The molecule has 5 aliphatic rings. The molecule has 1 aromatic heterocycles. The smallest absolute Gasteiger partial charge is 0.410 e. The van der Waals surface area contributed by atoms with Crippen molar-refractivity contribution in [2.45, 2.75) is 122 Å². The maximum atomic E-state index is 14.0. The van der Waals surface area contributed by atoms with Crippen LogP contribution in [0.2, 0.25) is 0 Å². The molecule has 0 bridgehead atoms. The first-order valence-corrected chi connectivity index (χ1v) is 17.8. The lowest BCUT2D eigenvalue weighted by molar-refractivity contribution is -0.163. The van der Waals surface area contributed by atoms with E-state index in [-0.39, 0.29) is 41.8 Å². The van der Waals surface area contributed by atoms with E-state index in [9.17, 15) is 24.3 Å². The summed E-state index contributed by atoms with van der Waals surface area (Å²) in [5, 5.41) is 12.4. The molecule has 1 spiro atoms. The van der Waals surface area contributed by atoms with Gasteiger partial charge in [-0.1, -0.05) is 39.0 Å². The molecule has 0 radical (unpaired) electrons. The molecule has 5 fully saturated rings. The highest BCUT2D eigenvalue weighted by atomic mass is 16.6. The van der Waals surface area contributed by atoms with Crippen LogP contribution in [0.1, 0.15) is 120 Å². The Hall–Kier alpha value is -2.88. The Kier molecular flexibility index (Phi) is 9.06. The quantitative estimate of drug-likeness (QED) is 0.461. The van der Waals surface area contributed by atoms with E-state index >= 15 is 0 Å². The van der Waals surface area contributed by atoms with Gasteiger partial charge in [-0.05, 0) is 76.7 Å². The summed E-state index contributed by atoms with van der Waals surface area (Å²) >= 11 is 0. The van der Waals surface area contributed by atoms with Crippen LogP contribution < -0.4 is 5.56 Å². The van der Waals surface area contributed by atoms with Crippen LogP contribution in [0.15, 0.2) is 17.1 Å². The molecule has 2 atom stereocenters. The second-order valence-corrected chi connectivity index (χ2v) is 16.1. The van der Waals surface area contributed by atoms with Crippen molar-refractivity contribution >= 4 is 17.9 Å². The molecule has 0 aromatic carbocycles. The van der Waals surface area contributed by atoms with Crippen molar-refractivity contribution in [1.82, 2.24) is 19.3 Å². The Labute approximate surface area is 273 Å². The molecule has 3 amide bonds. The zero-order valence-electron chi connectivity index (χ0n) is 28.4. The number of ether oxygens (including phenoxy) is 1. The maximum absolute atomic E-state index is 14.0. The molecule has 46 heavy (non-hydrogen) atoms. The first-order chi connectivity index (χ1) is 21.8. The van der Waals surface area contributed by atoms with E-state index in [1.807, 2.05) is 25.7 Å². The van der Waals surface area contributed by atoms with Crippen LogP contribution in [0, 0.1) is 17.3 Å². The fourth-order valence-electron chi connectivity index (χ4n) is 8.42. The minimum Gasteiger partial charge on any atom is -0.444 e. The van der Waals surface area contributed by atoms with E-state index < -0.39 is 16.6 Å². The van der Waals surface area contributed by atoms with Crippen molar-refractivity contribution in [1.29, 1.82) is 0 Å². The third kappa shape index (κ3) is 6.74. The molecule has 254 valence electrons. The monoisotopic (exact) mass is 638 g/mol. The lowest BCUT2D eigenvalue weighted by Crippen LogP contribution is -2.62. The van der Waals surface area contributed by atoms with Crippen LogP contribution in [-0.4, -0.2) is 92.8 Å². The van der Waals surface area contributed by atoms with Crippen LogP contribution in [-0.2, 0) is 16.1 Å². The number of piperidine rings is 1. The fraction of sp³-hybridized carbons (Fsp3) is 0.778. The van der Waals surface area contributed by atoms with E-state index in [4.69, 9.17) is 4.74 Å². The normalized spacial score (nSPS) is 25.8. The third-order valence-electron chi connectivity index (χ3n) is 11.5. The molecule has 3 heterocycles. The van der Waals surface area contributed by atoms with Gasteiger partial charge in [-0.3, -0.25) is 14.4 Å². The highest BCUT2D eigenvalue weighted by Crippen LogP contribution is 2.52. The summed E-state index contributed by atoms with van der Waals surface area (Å²) < 4.78 is 7.08. The van der Waals surface area contributed by atoms with Crippen molar-refractivity contribution in [3.05, 3.63) is 33.7 Å². The zero-order valence-corrected chi connectivity index (χ0v) is 28.4. The number of piperazine rings is 1. The van der Waals surface area contributed by atoms with E-state index in [2.05, 4.69) is 6.92 Å². The molecule has 2 saturated heterocycles. The number of carbonyl (C=O) groups is 3. The predicted octanol–water partition coefficient (Wildman–Crippen LogP) is 4.77. The summed E-state index contributed by atoms with van der Waals surface area (Å²) in [6.07, 6.45) is 11.9. The summed E-state index contributed by atoms with van der Waals surface area (Å²) in [6.45, 7) is 10.2. The minimum atomic E-state index is -1.15. The van der Waals surface area contributed by atoms with Crippen molar-refractivity contribution in [3.63, 3.8) is 0 Å². The zero-order chi connectivity index (χ0) is 32.9. The standard InChI is InChI=1S/C36H54N4O6/c1-25(20-26-8-7-9-26)31(42)39-15-14-36(45,35(23-39)12-5-6-13-35)24-40-22-29(28(21-30(40)41)27-10-11-27)32(43)37-16-18-38(19-17-37)33(44)46-34(2,3)4/h21-22,25-27,45H,5-20,23-24H2,1-4H3. The summed E-state index contributed by atoms with van der Waals surface area (Å²) in [7, 11) is 0. The number of aromatic nitrogens is 1. The van der Waals surface area contributed by atoms with Gasteiger partial charge in [0.15, 0.2) is 0 Å². The fourth-order valence-corrected chi connectivity index (χ4v) is 8.42. The Morgan fingerprint density at radius 2 is 1.59 bits per heavy atom. The van der Waals surface area contributed by atoms with Crippen LogP contribution in [0.25, 0.3) is 0 Å². The second kappa shape index (κ2) is 12.6. The van der Waals surface area contributed by atoms with Gasteiger partial charge in [0.2, 0.25) is 5.91 Å². The summed E-state index contributed by atoms with van der Waals surface area (Å²) in [5.41, 5.74) is -1.07. The molecule has 2 aliphatic heterocycles. The number of likely N-dealkylation sites (tertiary alicyclic amines) is 1. The SMILES string of the molecule is CC(CC1CCC1)C(=O)N1CCC(O)(Cn2cc(C(=O)N3CCN(C(=O)OC(C)(C)C)CC3)c(C3CC3)cc2=O)C2(CCCC2)C1. The molecule has 10 heteroatoms. The van der Waals surface area contributed by atoms with Gasteiger partial charge < -0.3 is 29.1 Å². The maximum Gasteiger partial charge on any atom is 0.410 e. The molecular formula is C36H54N4O6. The number of amides is 3. The highest BCUT2D eigenvalue weighted by molar-refractivity contribution is 5.96. The lowest BCUT2D eigenvalue weighted by Gasteiger charge is -2.53. The van der Waals surface area contributed by atoms with Crippen molar-refractivity contribution in [2.75, 3.05) is 39.3 Å². The molecule has 3 saturated carbocycles. The molecule has 6 rings (SSSR count). The Bertz CT molecular complexity index is 1380. The Morgan fingerprint density at radius 3 is 2.17 bits per heavy atom. The van der Waals surface area contributed by atoms with E-state index in [1.54, 1.807) is 26.6 Å². The minimum absolute atomic E-state index is 0.00731. The van der Waals surface area contributed by atoms with Crippen LogP contribution in [0.3, 0.4) is 0 Å². The largest absolute Gasteiger partial charge is 0.444 e. The Morgan fingerprint density at radius 1 is 0.935 bits per heavy atom. The van der Waals surface area contributed by atoms with Crippen LogP contribution in [0.5, 0.6) is 0 Å². The average molecular weight is 639 g/mol. The first kappa shape index (κ1) is 33.0. The third-order valence-corrected chi connectivity index (χ3v) is 11.5.